The van der Waals surface area contributed by atoms with E-state index in [0.29, 0.717) is 11.0 Å². The monoisotopic (exact) mass is 336 g/mol. The minimum absolute atomic E-state index is 0.264. The van der Waals surface area contributed by atoms with E-state index in [0.717, 1.165) is 22.5 Å². The van der Waals surface area contributed by atoms with Gasteiger partial charge in [-0.1, -0.05) is 6.07 Å². The molecule has 0 saturated carbocycles. The van der Waals surface area contributed by atoms with Gasteiger partial charge in [-0.05, 0) is 51.1 Å². The van der Waals surface area contributed by atoms with Crippen molar-refractivity contribution < 1.29 is 8.78 Å². The summed E-state index contributed by atoms with van der Waals surface area (Å²) in [4.78, 5) is 3.12. The number of halogens is 3. The van der Waals surface area contributed by atoms with E-state index >= 15 is 0 Å². The molecule has 2 N–H and O–H groups in total. The number of rotatable bonds is 3. The van der Waals surface area contributed by atoms with E-state index in [-0.39, 0.29) is 5.69 Å². The van der Waals surface area contributed by atoms with Crippen molar-refractivity contribution in [3.63, 3.8) is 0 Å². The summed E-state index contributed by atoms with van der Waals surface area (Å²) in [6.07, 6.45) is 1.87. The Balaban J connectivity index is 1.82. The van der Waals surface area contributed by atoms with Gasteiger partial charge in [-0.2, -0.15) is 0 Å². The van der Waals surface area contributed by atoms with Crippen molar-refractivity contribution in [3.8, 4) is 0 Å². The topological polar surface area (TPSA) is 27.8 Å². The van der Waals surface area contributed by atoms with E-state index in [1.54, 1.807) is 0 Å². The minimum Gasteiger partial charge on any atom is -0.378 e. The first kappa shape index (κ1) is 13.1. The maximum absolute atomic E-state index is 13.7. The van der Waals surface area contributed by atoms with Gasteiger partial charge in [-0.3, -0.25) is 0 Å². The molecule has 0 aliphatic carbocycles. The predicted molar refractivity (Wildman–Crippen MR) is 79.7 cm³/mol. The molecule has 0 aliphatic heterocycles. The Kier molecular flexibility index (Phi) is 3.44. The normalized spacial score (nSPS) is 10.9. The zero-order valence-corrected chi connectivity index (χ0v) is 12.0. The van der Waals surface area contributed by atoms with Crippen molar-refractivity contribution in [1.82, 2.24) is 4.98 Å². The maximum atomic E-state index is 13.7. The van der Waals surface area contributed by atoms with Crippen LogP contribution in [0.3, 0.4) is 0 Å². The Hall–Kier alpha value is -1.88. The summed E-state index contributed by atoms with van der Waals surface area (Å²) in [5.41, 5.74) is 2.34. The molecule has 3 rings (SSSR count). The van der Waals surface area contributed by atoms with E-state index < -0.39 is 11.6 Å². The fourth-order valence-electron chi connectivity index (χ4n) is 2.11. The molecule has 0 bridgehead atoms. The van der Waals surface area contributed by atoms with Crippen LogP contribution in [0.4, 0.5) is 14.5 Å². The second-order valence-electron chi connectivity index (χ2n) is 4.50. The Morgan fingerprint density at radius 2 is 1.95 bits per heavy atom. The number of hydrogen-bond donors (Lipinski definition) is 2. The summed E-state index contributed by atoms with van der Waals surface area (Å²) in [6, 6.07) is 10.0. The van der Waals surface area contributed by atoms with Crippen molar-refractivity contribution in [1.29, 1.82) is 0 Å². The van der Waals surface area contributed by atoms with Crippen molar-refractivity contribution in [2.24, 2.45) is 0 Å². The molecule has 0 fully saturated rings. The van der Waals surface area contributed by atoms with Crippen LogP contribution < -0.4 is 5.32 Å². The third-order valence-corrected chi connectivity index (χ3v) is 3.72. The average Bonchev–Trinajstić information content (AvgIpc) is 2.84. The van der Waals surface area contributed by atoms with Crippen molar-refractivity contribution in [2.45, 2.75) is 6.54 Å². The molecule has 0 spiro atoms. The van der Waals surface area contributed by atoms with E-state index in [2.05, 4.69) is 26.2 Å². The Morgan fingerprint density at radius 1 is 1.10 bits per heavy atom. The molecule has 0 unspecified atom stereocenters. The molecule has 20 heavy (non-hydrogen) atoms. The Bertz CT molecular complexity index is 744. The second-order valence-corrected chi connectivity index (χ2v) is 5.35. The van der Waals surface area contributed by atoms with Crippen LogP contribution in [0, 0.1) is 11.6 Å². The van der Waals surface area contributed by atoms with Crippen LogP contribution in [0.2, 0.25) is 0 Å². The molecule has 1 heterocycles. The zero-order valence-electron chi connectivity index (χ0n) is 10.4. The number of aromatic amines is 1. The summed E-state index contributed by atoms with van der Waals surface area (Å²) in [5.74, 6) is -1.21. The molecule has 0 saturated heterocycles. The van der Waals surface area contributed by atoms with Crippen LogP contribution in [0.25, 0.3) is 10.9 Å². The molecule has 0 radical (unpaired) electrons. The molecular weight excluding hydrogens is 326 g/mol. The molecule has 2 aromatic carbocycles. The number of nitrogens with one attached hydrogen (secondary N) is 2. The highest BCUT2D eigenvalue weighted by molar-refractivity contribution is 9.10. The van der Waals surface area contributed by atoms with E-state index in [9.17, 15) is 8.78 Å². The smallest absolute Gasteiger partial charge is 0.150 e. The van der Waals surface area contributed by atoms with Gasteiger partial charge in [0.25, 0.3) is 0 Å². The minimum atomic E-state index is -0.611. The first-order valence-corrected chi connectivity index (χ1v) is 6.87. The van der Waals surface area contributed by atoms with E-state index in [4.69, 9.17) is 0 Å². The van der Waals surface area contributed by atoms with Gasteiger partial charge in [0.2, 0.25) is 0 Å². The van der Waals surface area contributed by atoms with E-state index in [1.165, 1.54) is 6.07 Å². The van der Waals surface area contributed by atoms with Crippen molar-refractivity contribution in [2.75, 3.05) is 5.32 Å². The van der Waals surface area contributed by atoms with Gasteiger partial charge in [0.05, 0.1) is 5.69 Å². The molecule has 5 heteroatoms. The molecule has 3 aromatic rings. The fourth-order valence-corrected chi connectivity index (χ4v) is 2.66. The Morgan fingerprint density at radius 3 is 2.75 bits per heavy atom. The third kappa shape index (κ3) is 2.54. The SMILES string of the molecule is Fc1cc(F)c(NCc2ccc3[nH]ccc3c2)c(Br)c1. The first-order valence-electron chi connectivity index (χ1n) is 6.08. The van der Waals surface area contributed by atoms with Gasteiger partial charge >= 0.3 is 0 Å². The lowest BCUT2D eigenvalue weighted by Gasteiger charge is -2.10. The van der Waals surface area contributed by atoms with Crippen LogP contribution >= 0.6 is 15.9 Å². The number of benzene rings is 2. The first-order chi connectivity index (χ1) is 9.63. The van der Waals surface area contributed by atoms with Gasteiger partial charge in [0.15, 0.2) is 0 Å². The number of hydrogen-bond acceptors (Lipinski definition) is 1. The third-order valence-electron chi connectivity index (χ3n) is 3.09. The number of H-pyrrole nitrogens is 1. The molecule has 0 aliphatic rings. The van der Waals surface area contributed by atoms with E-state index in [1.807, 2.05) is 30.5 Å². The van der Waals surface area contributed by atoms with Crippen LogP contribution in [-0.2, 0) is 6.54 Å². The highest BCUT2D eigenvalue weighted by atomic mass is 79.9. The van der Waals surface area contributed by atoms with Crippen LogP contribution in [0.15, 0.2) is 47.1 Å². The number of anilines is 1. The standard InChI is InChI=1S/C15H11BrF2N2/c16-12-6-11(17)7-13(18)15(12)20-8-9-1-2-14-10(5-9)3-4-19-14/h1-7,19-20H,8H2. The highest BCUT2D eigenvalue weighted by Crippen LogP contribution is 2.27. The average molecular weight is 337 g/mol. The predicted octanol–water partition coefficient (Wildman–Crippen LogP) is 4.82. The highest BCUT2D eigenvalue weighted by Gasteiger charge is 2.09. The summed E-state index contributed by atoms with van der Waals surface area (Å²) in [6.45, 7) is 0.461. The molecule has 102 valence electrons. The summed E-state index contributed by atoms with van der Waals surface area (Å²) >= 11 is 3.16. The van der Waals surface area contributed by atoms with Crippen LogP contribution in [0.1, 0.15) is 5.56 Å². The number of fused-ring (bicyclic) bond motifs is 1. The van der Waals surface area contributed by atoms with Gasteiger partial charge in [0.1, 0.15) is 11.6 Å². The van der Waals surface area contributed by atoms with Gasteiger partial charge in [0, 0.05) is 28.8 Å². The van der Waals surface area contributed by atoms with Gasteiger partial charge in [-0.25, -0.2) is 8.78 Å². The summed E-state index contributed by atoms with van der Waals surface area (Å²) < 4.78 is 27.1. The van der Waals surface area contributed by atoms with Crippen LogP contribution in [0.5, 0.6) is 0 Å². The van der Waals surface area contributed by atoms with Gasteiger partial charge < -0.3 is 10.3 Å². The second kappa shape index (κ2) is 5.25. The van der Waals surface area contributed by atoms with Crippen LogP contribution in [-0.4, -0.2) is 4.98 Å². The Labute approximate surface area is 122 Å². The van der Waals surface area contributed by atoms with Crippen molar-refractivity contribution in [3.05, 3.63) is 64.3 Å². The van der Waals surface area contributed by atoms with Crippen molar-refractivity contribution >= 4 is 32.5 Å². The quantitative estimate of drug-likeness (QED) is 0.705. The number of aromatic nitrogens is 1. The largest absolute Gasteiger partial charge is 0.378 e. The molecule has 2 nitrogen and oxygen atoms in total. The zero-order chi connectivity index (χ0) is 14.1. The lowest BCUT2D eigenvalue weighted by atomic mass is 10.1. The lowest BCUT2D eigenvalue weighted by Crippen LogP contribution is -2.02. The molecule has 1 aromatic heterocycles. The molecular formula is C15H11BrF2N2. The molecule has 0 amide bonds. The summed E-state index contributed by atoms with van der Waals surface area (Å²) in [5, 5.41) is 4.08. The maximum Gasteiger partial charge on any atom is 0.150 e. The molecule has 0 atom stereocenters. The van der Waals surface area contributed by atoms with Gasteiger partial charge in [-0.15, -0.1) is 0 Å². The summed E-state index contributed by atoms with van der Waals surface area (Å²) in [7, 11) is 0. The fraction of sp³-hybridized carbons (Fsp3) is 0.0667. The lowest BCUT2D eigenvalue weighted by molar-refractivity contribution is 0.583.